The van der Waals surface area contributed by atoms with E-state index in [1.165, 1.54) is 0 Å². The Morgan fingerprint density at radius 1 is 1.43 bits per heavy atom. The second kappa shape index (κ2) is 5.89. The van der Waals surface area contributed by atoms with Gasteiger partial charge < -0.3 is 9.64 Å². The molecule has 2 aromatic rings. The quantitative estimate of drug-likeness (QED) is 0.836. The van der Waals surface area contributed by atoms with Gasteiger partial charge in [-0.25, -0.2) is 0 Å². The summed E-state index contributed by atoms with van der Waals surface area (Å²) in [5.41, 5.74) is 1.39. The van der Waals surface area contributed by atoms with Crippen LogP contribution in [0.15, 0.2) is 35.1 Å². The molecule has 0 atom stereocenters. The minimum Gasteiger partial charge on any atom is -0.491 e. The first-order chi connectivity index (χ1) is 10.2. The van der Waals surface area contributed by atoms with E-state index < -0.39 is 0 Å². The molecule has 6 heteroatoms. The Bertz CT molecular complexity index is 669. The third-order valence-corrected chi connectivity index (χ3v) is 4.33. The number of fused-ring (bicyclic) bond motifs is 1. The minimum atomic E-state index is -0.0560. The molecule has 0 radical (unpaired) electrons. The van der Waals surface area contributed by atoms with Crippen LogP contribution in [0, 0.1) is 0 Å². The molecule has 21 heavy (non-hydrogen) atoms. The van der Waals surface area contributed by atoms with Crippen LogP contribution in [0.25, 0.3) is 0 Å². The maximum atomic E-state index is 12.9. The molecule has 0 aliphatic carbocycles. The maximum absolute atomic E-state index is 12.9. The summed E-state index contributed by atoms with van der Waals surface area (Å²) in [6.45, 7) is 3.96. The van der Waals surface area contributed by atoms with Crippen molar-refractivity contribution in [3.05, 3.63) is 40.6 Å². The van der Waals surface area contributed by atoms with Gasteiger partial charge in [0.1, 0.15) is 10.4 Å². The van der Waals surface area contributed by atoms with Crippen LogP contribution in [0.1, 0.15) is 23.7 Å². The maximum Gasteiger partial charge on any atom is 0.262 e. The molecule has 0 N–H and O–H groups in total. The SMILES string of the molecule is CCn1ncc(C(=O)N2CCCOc3ccccc32)c1Br. The zero-order valence-electron chi connectivity index (χ0n) is 11.8. The summed E-state index contributed by atoms with van der Waals surface area (Å²) in [4.78, 5) is 14.6. The summed E-state index contributed by atoms with van der Waals surface area (Å²) < 4.78 is 8.17. The highest BCUT2D eigenvalue weighted by molar-refractivity contribution is 9.10. The fourth-order valence-corrected chi connectivity index (χ4v) is 3.03. The van der Waals surface area contributed by atoms with E-state index in [4.69, 9.17) is 4.74 Å². The zero-order valence-corrected chi connectivity index (χ0v) is 13.3. The van der Waals surface area contributed by atoms with Gasteiger partial charge >= 0.3 is 0 Å². The molecule has 110 valence electrons. The number of halogens is 1. The Morgan fingerprint density at radius 3 is 3.00 bits per heavy atom. The van der Waals surface area contributed by atoms with E-state index in [0.717, 1.165) is 22.5 Å². The fourth-order valence-electron chi connectivity index (χ4n) is 2.42. The predicted octanol–water partition coefficient (Wildman–Crippen LogP) is 3.09. The molecular formula is C15H16BrN3O2. The lowest BCUT2D eigenvalue weighted by molar-refractivity contribution is 0.0986. The van der Waals surface area contributed by atoms with Crippen molar-refractivity contribution in [2.45, 2.75) is 19.9 Å². The largest absolute Gasteiger partial charge is 0.491 e. The summed E-state index contributed by atoms with van der Waals surface area (Å²) in [5.74, 6) is 0.696. The molecule has 1 amide bonds. The Morgan fingerprint density at radius 2 is 2.24 bits per heavy atom. The molecule has 0 saturated carbocycles. The Labute approximate surface area is 131 Å². The Balaban J connectivity index is 1.99. The number of ether oxygens (including phenoxy) is 1. The van der Waals surface area contributed by atoms with E-state index in [1.807, 2.05) is 31.2 Å². The molecule has 1 aromatic carbocycles. The highest BCUT2D eigenvalue weighted by atomic mass is 79.9. The summed E-state index contributed by atoms with van der Waals surface area (Å²) in [6, 6.07) is 7.64. The van der Waals surface area contributed by atoms with Crippen LogP contribution in [0.2, 0.25) is 0 Å². The monoisotopic (exact) mass is 349 g/mol. The normalized spacial score (nSPS) is 14.3. The number of aromatic nitrogens is 2. The topological polar surface area (TPSA) is 47.4 Å². The molecule has 0 fully saturated rings. The molecule has 5 nitrogen and oxygen atoms in total. The van der Waals surface area contributed by atoms with Crippen LogP contribution in [0.3, 0.4) is 0 Å². The number of benzene rings is 1. The standard InChI is InChI=1S/C15H16BrN3O2/c1-2-19-14(16)11(10-17-19)15(20)18-8-5-9-21-13-7-4-3-6-12(13)18/h3-4,6-7,10H,2,5,8-9H2,1H3. The van der Waals surface area contributed by atoms with Gasteiger partial charge in [0.25, 0.3) is 5.91 Å². The highest BCUT2D eigenvalue weighted by Gasteiger charge is 2.26. The van der Waals surface area contributed by atoms with Crippen LogP contribution < -0.4 is 9.64 Å². The number of aryl methyl sites for hydroxylation is 1. The molecule has 1 aliphatic rings. The van der Waals surface area contributed by atoms with Crippen molar-refractivity contribution in [2.24, 2.45) is 0 Å². The van der Waals surface area contributed by atoms with E-state index in [0.29, 0.717) is 25.3 Å². The molecule has 1 aliphatic heterocycles. The minimum absolute atomic E-state index is 0.0560. The van der Waals surface area contributed by atoms with Gasteiger partial charge in [0.05, 0.1) is 24.1 Å². The number of nitrogens with zero attached hydrogens (tertiary/aromatic N) is 3. The van der Waals surface area contributed by atoms with Gasteiger partial charge in [0, 0.05) is 13.1 Å². The van der Waals surface area contributed by atoms with Crippen LogP contribution in [0.4, 0.5) is 5.69 Å². The van der Waals surface area contributed by atoms with Crippen molar-refractivity contribution in [1.29, 1.82) is 0 Å². The van der Waals surface area contributed by atoms with Crippen molar-refractivity contribution in [2.75, 3.05) is 18.1 Å². The average molecular weight is 350 g/mol. The number of rotatable bonds is 2. The van der Waals surface area contributed by atoms with E-state index >= 15 is 0 Å². The summed E-state index contributed by atoms with van der Waals surface area (Å²) in [5, 5.41) is 4.22. The van der Waals surface area contributed by atoms with Crippen molar-refractivity contribution in [1.82, 2.24) is 9.78 Å². The van der Waals surface area contributed by atoms with Gasteiger partial charge in [-0.1, -0.05) is 12.1 Å². The van der Waals surface area contributed by atoms with Crippen LogP contribution in [-0.4, -0.2) is 28.8 Å². The van der Waals surface area contributed by atoms with Gasteiger partial charge in [0.2, 0.25) is 0 Å². The van der Waals surface area contributed by atoms with E-state index in [2.05, 4.69) is 21.0 Å². The molecule has 1 aromatic heterocycles. The molecular weight excluding hydrogens is 334 g/mol. The first-order valence-corrected chi connectivity index (χ1v) is 7.76. The molecule has 0 bridgehead atoms. The van der Waals surface area contributed by atoms with Crippen molar-refractivity contribution in [3.63, 3.8) is 0 Å². The second-order valence-corrected chi connectivity index (χ2v) is 5.54. The lowest BCUT2D eigenvalue weighted by Crippen LogP contribution is -2.31. The Hall–Kier alpha value is -1.82. The molecule has 2 heterocycles. The van der Waals surface area contributed by atoms with Crippen LogP contribution in [0.5, 0.6) is 5.75 Å². The Kier molecular flexibility index (Phi) is 3.96. The van der Waals surface area contributed by atoms with Gasteiger partial charge in [-0.05, 0) is 41.4 Å². The number of carbonyl (C=O) groups is 1. The zero-order chi connectivity index (χ0) is 14.8. The molecule has 0 unspecified atom stereocenters. The molecule has 0 saturated heterocycles. The van der Waals surface area contributed by atoms with Crippen molar-refractivity contribution >= 4 is 27.5 Å². The number of para-hydroxylation sites is 2. The van der Waals surface area contributed by atoms with Gasteiger partial charge in [-0.15, -0.1) is 0 Å². The summed E-state index contributed by atoms with van der Waals surface area (Å²) in [6.07, 6.45) is 2.42. The number of amides is 1. The smallest absolute Gasteiger partial charge is 0.262 e. The van der Waals surface area contributed by atoms with Crippen LogP contribution in [-0.2, 0) is 6.54 Å². The number of anilines is 1. The first kappa shape index (κ1) is 14.1. The van der Waals surface area contributed by atoms with Gasteiger partial charge in [-0.2, -0.15) is 5.10 Å². The van der Waals surface area contributed by atoms with E-state index in [9.17, 15) is 4.79 Å². The fraction of sp³-hybridized carbons (Fsp3) is 0.333. The van der Waals surface area contributed by atoms with E-state index in [1.54, 1.807) is 15.8 Å². The average Bonchev–Trinajstić information content (AvgIpc) is 2.75. The first-order valence-electron chi connectivity index (χ1n) is 6.97. The van der Waals surface area contributed by atoms with Crippen molar-refractivity contribution in [3.8, 4) is 5.75 Å². The summed E-state index contributed by atoms with van der Waals surface area (Å²) >= 11 is 3.46. The van der Waals surface area contributed by atoms with Crippen LogP contribution >= 0.6 is 15.9 Å². The predicted molar refractivity (Wildman–Crippen MR) is 83.8 cm³/mol. The molecule has 0 spiro atoms. The van der Waals surface area contributed by atoms with Gasteiger partial charge in [-0.3, -0.25) is 9.48 Å². The number of hydrogen-bond donors (Lipinski definition) is 0. The second-order valence-electron chi connectivity index (χ2n) is 4.79. The van der Waals surface area contributed by atoms with Crippen molar-refractivity contribution < 1.29 is 9.53 Å². The number of hydrogen-bond acceptors (Lipinski definition) is 3. The highest BCUT2D eigenvalue weighted by Crippen LogP contribution is 2.32. The van der Waals surface area contributed by atoms with E-state index in [-0.39, 0.29) is 5.91 Å². The third-order valence-electron chi connectivity index (χ3n) is 3.49. The molecule has 3 rings (SSSR count). The lowest BCUT2D eigenvalue weighted by atomic mass is 10.2. The number of carbonyl (C=O) groups excluding carboxylic acids is 1. The van der Waals surface area contributed by atoms with Gasteiger partial charge in [0.15, 0.2) is 0 Å². The lowest BCUT2D eigenvalue weighted by Gasteiger charge is -2.21. The third kappa shape index (κ3) is 2.55. The summed E-state index contributed by atoms with van der Waals surface area (Å²) in [7, 11) is 0.